The van der Waals surface area contributed by atoms with Crippen molar-refractivity contribution in [2.75, 3.05) is 18.5 Å². The molecule has 0 saturated heterocycles. The van der Waals surface area contributed by atoms with Crippen LogP contribution in [0.15, 0.2) is 42.6 Å². The first kappa shape index (κ1) is 14.2. The van der Waals surface area contributed by atoms with Crippen molar-refractivity contribution in [2.45, 2.75) is 12.3 Å². The summed E-state index contributed by atoms with van der Waals surface area (Å²) in [6.45, 7) is 1.04. The van der Waals surface area contributed by atoms with Gasteiger partial charge in [0.1, 0.15) is 13.2 Å². The second kappa shape index (κ2) is 5.44. The Morgan fingerprint density at radius 2 is 1.80 bits per heavy atom. The lowest BCUT2D eigenvalue weighted by Crippen LogP contribution is -2.25. The van der Waals surface area contributed by atoms with Gasteiger partial charge in [-0.1, -0.05) is 12.1 Å². The largest absolute Gasteiger partial charge is 0.486 e. The predicted molar refractivity (Wildman–Crippen MR) is 92.1 cm³/mol. The van der Waals surface area contributed by atoms with E-state index in [1.54, 1.807) is 6.20 Å². The van der Waals surface area contributed by atoms with Gasteiger partial charge in [0.05, 0.1) is 16.7 Å². The van der Waals surface area contributed by atoms with Gasteiger partial charge in [0.15, 0.2) is 11.5 Å². The molecule has 0 bridgehead atoms. The van der Waals surface area contributed by atoms with Crippen molar-refractivity contribution < 1.29 is 14.3 Å². The third-order valence-electron chi connectivity index (χ3n) is 4.58. The summed E-state index contributed by atoms with van der Waals surface area (Å²) in [6, 6.07) is 11.5. The molecular formula is C19H15N3O3. The molecule has 2 aliphatic heterocycles. The monoisotopic (exact) mass is 333 g/mol. The van der Waals surface area contributed by atoms with Gasteiger partial charge in [0, 0.05) is 30.3 Å². The topological polar surface area (TPSA) is 73.3 Å². The minimum Gasteiger partial charge on any atom is -0.486 e. The molecule has 0 radical (unpaired) electrons. The number of carbonyl (C=O) groups excluding carboxylic acids is 1. The highest BCUT2D eigenvalue weighted by Gasteiger charge is 2.30. The molecule has 3 heterocycles. The van der Waals surface area contributed by atoms with Crippen molar-refractivity contribution in [3.8, 4) is 11.5 Å². The number of nitrogens with zero attached hydrogens (tertiary/aromatic N) is 2. The number of ether oxygens (including phenoxy) is 2. The van der Waals surface area contributed by atoms with Crippen LogP contribution in [0.4, 0.5) is 5.69 Å². The van der Waals surface area contributed by atoms with Crippen LogP contribution in [0.3, 0.4) is 0 Å². The number of anilines is 1. The fourth-order valence-electron chi connectivity index (χ4n) is 3.40. The third-order valence-corrected chi connectivity index (χ3v) is 4.58. The van der Waals surface area contributed by atoms with Crippen LogP contribution in [0.2, 0.25) is 0 Å². The van der Waals surface area contributed by atoms with Crippen molar-refractivity contribution in [3.63, 3.8) is 0 Å². The SMILES string of the molecule is O=C1C[C@H](c2cnc3ccccc3n2)c2cc3c(cc2N1)OCCO3. The summed E-state index contributed by atoms with van der Waals surface area (Å²) in [4.78, 5) is 21.4. The summed E-state index contributed by atoms with van der Waals surface area (Å²) in [5, 5.41) is 2.92. The van der Waals surface area contributed by atoms with Crippen LogP contribution in [0.25, 0.3) is 11.0 Å². The molecule has 0 aliphatic carbocycles. The van der Waals surface area contributed by atoms with E-state index < -0.39 is 0 Å². The highest BCUT2D eigenvalue weighted by Crippen LogP contribution is 2.43. The van der Waals surface area contributed by atoms with Gasteiger partial charge < -0.3 is 14.8 Å². The van der Waals surface area contributed by atoms with Crippen LogP contribution < -0.4 is 14.8 Å². The average Bonchev–Trinajstić information content (AvgIpc) is 2.65. The van der Waals surface area contributed by atoms with Gasteiger partial charge in [-0.2, -0.15) is 0 Å². The Hall–Kier alpha value is -3.15. The average molecular weight is 333 g/mol. The number of para-hydroxylation sites is 2. The van der Waals surface area contributed by atoms with Crippen LogP contribution in [0.5, 0.6) is 11.5 Å². The van der Waals surface area contributed by atoms with Gasteiger partial charge in [-0.3, -0.25) is 9.78 Å². The molecule has 1 atom stereocenters. The van der Waals surface area contributed by atoms with Gasteiger partial charge in [0.25, 0.3) is 0 Å². The molecular weight excluding hydrogens is 318 g/mol. The Kier molecular flexibility index (Phi) is 3.09. The first-order valence-corrected chi connectivity index (χ1v) is 8.23. The number of aromatic nitrogens is 2. The number of nitrogens with one attached hydrogen (secondary N) is 1. The zero-order chi connectivity index (χ0) is 16.8. The maximum Gasteiger partial charge on any atom is 0.225 e. The first-order valence-electron chi connectivity index (χ1n) is 8.23. The number of hydrogen-bond acceptors (Lipinski definition) is 5. The normalized spacial score (nSPS) is 18.6. The third kappa shape index (κ3) is 2.38. The molecule has 25 heavy (non-hydrogen) atoms. The molecule has 6 heteroatoms. The molecule has 3 aromatic rings. The second-order valence-corrected chi connectivity index (χ2v) is 6.17. The molecule has 2 aromatic carbocycles. The van der Waals surface area contributed by atoms with Crippen LogP contribution in [0.1, 0.15) is 23.6 Å². The summed E-state index contributed by atoms with van der Waals surface area (Å²) in [7, 11) is 0. The molecule has 1 aromatic heterocycles. The number of benzene rings is 2. The Labute approximate surface area is 143 Å². The minimum atomic E-state index is -0.156. The summed E-state index contributed by atoms with van der Waals surface area (Å²) in [5.41, 5.74) is 4.18. The number of rotatable bonds is 1. The Bertz CT molecular complexity index is 1000. The van der Waals surface area contributed by atoms with Gasteiger partial charge in [0.2, 0.25) is 5.91 Å². The smallest absolute Gasteiger partial charge is 0.225 e. The van der Waals surface area contributed by atoms with Crippen molar-refractivity contribution in [1.82, 2.24) is 9.97 Å². The zero-order valence-corrected chi connectivity index (χ0v) is 13.4. The molecule has 6 nitrogen and oxygen atoms in total. The van der Waals surface area contributed by atoms with Gasteiger partial charge in [-0.05, 0) is 23.8 Å². The van der Waals surface area contributed by atoms with E-state index in [1.807, 2.05) is 36.4 Å². The van der Waals surface area contributed by atoms with Crippen molar-refractivity contribution >= 4 is 22.6 Å². The lowest BCUT2D eigenvalue weighted by Gasteiger charge is -2.28. The van der Waals surface area contributed by atoms with E-state index in [2.05, 4.69) is 10.3 Å². The number of fused-ring (bicyclic) bond motifs is 3. The van der Waals surface area contributed by atoms with E-state index in [0.717, 1.165) is 28.0 Å². The summed E-state index contributed by atoms with van der Waals surface area (Å²) < 4.78 is 11.3. The number of hydrogen-bond donors (Lipinski definition) is 1. The summed E-state index contributed by atoms with van der Waals surface area (Å²) in [6.07, 6.45) is 2.09. The Balaban J connectivity index is 1.65. The zero-order valence-electron chi connectivity index (χ0n) is 13.4. The lowest BCUT2D eigenvalue weighted by atomic mass is 9.87. The Morgan fingerprint density at radius 1 is 1.04 bits per heavy atom. The van der Waals surface area contributed by atoms with Crippen molar-refractivity contribution in [3.05, 3.63) is 53.9 Å². The van der Waals surface area contributed by atoms with Crippen LogP contribution in [0, 0.1) is 0 Å². The van der Waals surface area contributed by atoms with Crippen LogP contribution in [-0.2, 0) is 4.79 Å². The van der Waals surface area contributed by atoms with Gasteiger partial charge >= 0.3 is 0 Å². The van der Waals surface area contributed by atoms with E-state index in [1.165, 1.54) is 0 Å². The van der Waals surface area contributed by atoms with Crippen molar-refractivity contribution in [2.24, 2.45) is 0 Å². The Morgan fingerprint density at radius 3 is 2.64 bits per heavy atom. The van der Waals surface area contributed by atoms with E-state index in [0.29, 0.717) is 31.1 Å². The van der Waals surface area contributed by atoms with E-state index in [-0.39, 0.29) is 11.8 Å². The van der Waals surface area contributed by atoms with Crippen molar-refractivity contribution in [1.29, 1.82) is 0 Å². The van der Waals surface area contributed by atoms with E-state index >= 15 is 0 Å². The quantitative estimate of drug-likeness (QED) is 0.741. The molecule has 0 fully saturated rings. The molecule has 1 amide bonds. The molecule has 0 unspecified atom stereocenters. The standard InChI is InChI=1S/C19H15N3O3/c23-19-8-12(16-10-20-13-3-1-2-4-14(13)21-16)11-7-17-18(9-15(11)22-19)25-6-5-24-17/h1-4,7,9-10,12H,5-6,8H2,(H,22,23)/t12-/m0/s1. The maximum absolute atomic E-state index is 12.2. The summed E-state index contributed by atoms with van der Waals surface area (Å²) >= 11 is 0. The molecule has 124 valence electrons. The molecule has 0 spiro atoms. The molecule has 5 rings (SSSR count). The highest BCUT2D eigenvalue weighted by molar-refractivity contribution is 5.96. The lowest BCUT2D eigenvalue weighted by molar-refractivity contribution is -0.116. The second-order valence-electron chi connectivity index (χ2n) is 6.17. The van der Waals surface area contributed by atoms with Crippen LogP contribution in [-0.4, -0.2) is 29.1 Å². The number of carbonyl (C=O) groups is 1. The van der Waals surface area contributed by atoms with Crippen LogP contribution >= 0.6 is 0 Å². The fraction of sp³-hybridized carbons (Fsp3) is 0.211. The fourth-order valence-corrected chi connectivity index (χ4v) is 3.40. The highest BCUT2D eigenvalue weighted by atomic mass is 16.6. The molecule has 2 aliphatic rings. The minimum absolute atomic E-state index is 0.0378. The maximum atomic E-state index is 12.2. The van der Waals surface area contributed by atoms with E-state index in [4.69, 9.17) is 14.5 Å². The molecule has 0 saturated carbocycles. The van der Waals surface area contributed by atoms with Gasteiger partial charge in [-0.15, -0.1) is 0 Å². The molecule has 1 N–H and O–H groups in total. The predicted octanol–water partition coefficient (Wildman–Crippen LogP) is 2.88. The first-order chi connectivity index (χ1) is 12.3. The van der Waals surface area contributed by atoms with E-state index in [9.17, 15) is 4.79 Å². The summed E-state index contributed by atoms with van der Waals surface area (Å²) in [5.74, 6) is 1.18. The number of amides is 1. The van der Waals surface area contributed by atoms with Gasteiger partial charge in [-0.25, -0.2) is 4.98 Å².